The van der Waals surface area contributed by atoms with Crippen LogP contribution in [0.1, 0.15) is 5.69 Å². The first kappa shape index (κ1) is 8.50. The highest BCUT2D eigenvalue weighted by atomic mass is 19.1. The van der Waals surface area contributed by atoms with Crippen molar-refractivity contribution < 1.29 is 9.13 Å². The van der Waals surface area contributed by atoms with Gasteiger partial charge in [-0.3, -0.25) is 4.68 Å². The summed E-state index contributed by atoms with van der Waals surface area (Å²) in [5, 5.41) is 6.86. The van der Waals surface area contributed by atoms with Crippen molar-refractivity contribution in [3.63, 3.8) is 0 Å². The molecule has 1 N–H and O–H groups in total. The van der Waals surface area contributed by atoms with Gasteiger partial charge in [0.2, 0.25) is 0 Å². The number of alkyl halides is 1. The number of methoxy groups -OCH3 is 1. The zero-order valence-electron chi connectivity index (χ0n) is 7.67. The SMILES string of the molecule is COc1cnn(C)c1C1(F)CNC1. The van der Waals surface area contributed by atoms with E-state index in [1.165, 1.54) is 18.0 Å². The first-order valence-corrected chi connectivity index (χ1v) is 4.13. The average Bonchev–Trinajstić information content (AvgIpc) is 2.43. The van der Waals surface area contributed by atoms with Crippen LogP contribution < -0.4 is 10.1 Å². The summed E-state index contributed by atoms with van der Waals surface area (Å²) in [6.07, 6.45) is 1.54. The van der Waals surface area contributed by atoms with Crippen molar-refractivity contribution in [2.75, 3.05) is 20.2 Å². The number of halogens is 1. The third kappa shape index (κ3) is 1.11. The summed E-state index contributed by atoms with van der Waals surface area (Å²) < 4.78 is 20.5. The molecular formula is C8H12FN3O. The average molecular weight is 185 g/mol. The van der Waals surface area contributed by atoms with E-state index in [9.17, 15) is 4.39 Å². The van der Waals surface area contributed by atoms with Crippen molar-refractivity contribution in [2.45, 2.75) is 5.67 Å². The highest BCUT2D eigenvalue weighted by molar-refractivity contribution is 5.33. The van der Waals surface area contributed by atoms with Gasteiger partial charge >= 0.3 is 0 Å². The normalized spacial score (nSPS) is 19.6. The largest absolute Gasteiger partial charge is 0.493 e. The predicted octanol–water partition coefficient (Wildman–Crippen LogP) is 0.197. The first-order valence-electron chi connectivity index (χ1n) is 4.13. The zero-order valence-corrected chi connectivity index (χ0v) is 7.67. The third-order valence-electron chi connectivity index (χ3n) is 2.36. The zero-order chi connectivity index (χ0) is 9.47. The van der Waals surface area contributed by atoms with Gasteiger partial charge in [-0.1, -0.05) is 0 Å². The summed E-state index contributed by atoms with van der Waals surface area (Å²) in [5.41, 5.74) is -0.787. The molecule has 0 aromatic carbocycles. The highest BCUT2D eigenvalue weighted by Crippen LogP contribution is 2.35. The Morgan fingerprint density at radius 1 is 1.69 bits per heavy atom. The number of hydrogen-bond acceptors (Lipinski definition) is 3. The summed E-state index contributed by atoms with van der Waals surface area (Å²) in [4.78, 5) is 0. The lowest BCUT2D eigenvalue weighted by molar-refractivity contribution is 0.0761. The molecule has 0 atom stereocenters. The van der Waals surface area contributed by atoms with Gasteiger partial charge in [0, 0.05) is 20.1 Å². The van der Waals surface area contributed by atoms with E-state index >= 15 is 0 Å². The lowest BCUT2D eigenvalue weighted by Gasteiger charge is -2.35. The summed E-state index contributed by atoms with van der Waals surface area (Å²) >= 11 is 0. The van der Waals surface area contributed by atoms with Crippen LogP contribution in [0.2, 0.25) is 0 Å². The minimum absolute atomic E-state index is 0.336. The summed E-state index contributed by atoms with van der Waals surface area (Å²) in [5.74, 6) is 0.520. The van der Waals surface area contributed by atoms with E-state index in [0.717, 1.165) is 0 Å². The second-order valence-electron chi connectivity index (χ2n) is 3.25. The van der Waals surface area contributed by atoms with Gasteiger partial charge in [0.1, 0.15) is 5.69 Å². The maximum Gasteiger partial charge on any atom is 0.180 e. The van der Waals surface area contributed by atoms with Crippen molar-refractivity contribution in [2.24, 2.45) is 7.05 Å². The van der Waals surface area contributed by atoms with Crippen LogP contribution in [0.15, 0.2) is 6.20 Å². The van der Waals surface area contributed by atoms with E-state index in [1.54, 1.807) is 7.05 Å². The molecule has 0 bridgehead atoms. The Bertz CT molecular complexity index is 319. The second kappa shape index (κ2) is 2.70. The van der Waals surface area contributed by atoms with Crippen molar-refractivity contribution >= 4 is 0 Å². The van der Waals surface area contributed by atoms with E-state index < -0.39 is 5.67 Å². The van der Waals surface area contributed by atoms with Crippen molar-refractivity contribution in [3.05, 3.63) is 11.9 Å². The van der Waals surface area contributed by atoms with Crippen molar-refractivity contribution in [1.29, 1.82) is 0 Å². The van der Waals surface area contributed by atoms with Gasteiger partial charge < -0.3 is 10.1 Å². The van der Waals surface area contributed by atoms with E-state index in [-0.39, 0.29) is 0 Å². The van der Waals surface area contributed by atoms with Gasteiger partial charge in [-0.05, 0) is 0 Å². The minimum Gasteiger partial charge on any atom is -0.493 e. The quantitative estimate of drug-likeness (QED) is 0.715. The van der Waals surface area contributed by atoms with Crippen LogP contribution >= 0.6 is 0 Å². The maximum absolute atomic E-state index is 14.0. The lowest BCUT2D eigenvalue weighted by atomic mass is 9.94. The molecule has 1 aliphatic heterocycles. The van der Waals surface area contributed by atoms with Crippen LogP contribution in [0.4, 0.5) is 4.39 Å². The molecule has 1 saturated heterocycles. The first-order chi connectivity index (χ1) is 6.17. The molecule has 0 spiro atoms. The number of rotatable bonds is 2. The molecular weight excluding hydrogens is 173 g/mol. The lowest BCUT2D eigenvalue weighted by Crippen LogP contribution is -2.54. The van der Waals surface area contributed by atoms with Crippen LogP contribution in [-0.2, 0) is 12.7 Å². The second-order valence-corrected chi connectivity index (χ2v) is 3.25. The van der Waals surface area contributed by atoms with Crippen LogP contribution in [0.5, 0.6) is 5.75 Å². The molecule has 0 radical (unpaired) electrons. The Morgan fingerprint density at radius 2 is 2.38 bits per heavy atom. The Morgan fingerprint density at radius 3 is 2.85 bits per heavy atom. The Hall–Kier alpha value is -1.10. The predicted molar refractivity (Wildman–Crippen MR) is 45.4 cm³/mol. The fourth-order valence-electron chi connectivity index (χ4n) is 1.59. The fraction of sp³-hybridized carbons (Fsp3) is 0.625. The van der Waals surface area contributed by atoms with Gasteiger partial charge in [-0.25, -0.2) is 4.39 Å². The number of nitrogens with zero attached hydrogens (tertiary/aromatic N) is 2. The van der Waals surface area contributed by atoms with E-state index in [1.807, 2.05) is 0 Å². The molecule has 72 valence electrons. The fourth-order valence-corrected chi connectivity index (χ4v) is 1.59. The van der Waals surface area contributed by atoms with Crippen LogP contribution in [0.3, 0.4) is 0 Å². The van der Waals surface area contributed by atoms with Gasteiger partial charge in [0.05, 0.1) is 13.3 Å². The molecule has 0 aliphatic carbocycles. The van der Waals surface area contributed by atoms with Gasteiger partial charge in [0.25, 0.3) is 0 Å². The standard InChI is InChI=1S/C8H12FN3O/c1-12-7(6(13-2)3-11-12)8(9)4-10-5-8/h3,10H,4-5H2,1-2H3. The topological polar surface area (TPSA) is 39.1 Å². The van der Waals surface area contributed by atoms with Gasteiger partial charge in [0.15, 0.2) is 11.4 Å². The van der Waals surface area contributed by atoms with Crippen LogP contribution in [-0.4, -0.2) is 30.0 Å². The molecule has 2 heterocycles. The summed E-state index contributed by atoms with van der Waals surface area (Å²) in [6, 6.07) is 0. The Labute approximate surface area is 75.7 Å². The molecule has 1 fully saturated rings. The van der Waals surface area contributed by atoms with Gasteiger partial charge in [-0.15, -0.1) is 0 Å². The molecule has 2 rings (SSSR count). The van der Waals surface area contributed by atoms with E-state index in [4.69, 9.17) is 4.74 Å². The number of ether oxygens (including phenoxy) is 1. The molecule has 5 heteroatoms. The molecule has 13 heavy (non-hydrogen) atoms. The molecule has 1 aromatic heterocycles. The molecule has 4 nitrogen and oxygen atoms in total. The van der Waals surface area contributed by atoms with Crippen molar-refractivity contribution in [3.8, 4) is 5.75 Å². The number of aromatic nitrogens is 2. The number of hydrogen-bond donors (Lipinski definition) is 1. The highest BCUT2D eigenvalue weighted by Gasteiger charge is 2.43. The third-order valence-corrected chi connectivity index (χ3v) is 2.36. The maximum atomic E-state index is 14.0. The van der Waals surface area contributed by atoms with Crippen molar-refractivity contribution in [1.82, 2.24) is 15.1 Å². The molecule has 1 aliphatic rings. The molecule has 0 amide bonds. The minimum atomic E-state index is -1.31. The summed E-state index contributed by atoms with van der Waals surface area (Å²) in [6.45, 7) is 0.672. The number of aryl methyl sites for hydroxylation is 1. The van der Waals surface area contributed by atoms with Crippen LogP contribution in [0.25, 0.3) is 0 Å². The molecule has 0 unspecified atom stereocenters. The Balaban J connectivity index is 2.42. The van der Waals surface area contributed by atoms with Crippen LogP contribution in [0, 0.1) is 0 Å². The van der Waals surface area contributed by atoms with Gasteiger partial charge in [-0.2, -0.15) is 5.10 Å². The van der Waals surface area contributed by atoms with E-state index in [2.05, 4.69) is 10.4 Å². The number of nitrogens with one attached hydrogen (secondary N) is 1. The monoisotopic (exact) mass is 185 g/mol. The molecule has 0 saturated carbocycles. The van der Waals surface area contributed by atoms with E-state index in [0.29, 0.717) is 24.5 Å². The smallest absolute Gasteiger partial charge is 0.180 e. The Kier molecular flexibility index (Phi) is 1.76. The summed E-state index contributed by atoms with van der Waals surface area (Å²) in [7, 11) is 3.24. The molecule has 1 aromatic rings.